The lowest BCUT2D eigenvalue weighted by Gasteiger charge is -2.28. The van der Waals surface area contributed by atoms with Crippen LogP contribution in [0.2, 0.25) is 0 Å². The van der Waals surface area contributed by atoms with Gasteiger partial charge >= 0.3 is 24.4 Å². The Bertz CT molecular complexity index is 2180. The Labute approximate surface area is 406 Å². The standard InChI is InChI=1S/C52H57N7O11/c60-39-57-46-23-21-44(22-24-46)45(33-47(61)58(29-25-53-49(63)67-35-40-13-5-1-6-14-40)30-26-54-50(64)68-36-41-15-7-2-8-16-41)34-48(62)59(31-27-55-51(65)69-37-42-17-9-3-10-18-42)32-28-56-52(66)70-38-43-19-11-4-12-20-43/h1-24,45H,25-38H2,(H,53,63)(H,54,64)(H,55,65)(H,56,66). The lowest BCUT2D eigenvalue weighted by molar-refractivity contribution is -0.133. The molecule has 4 N–H and O–H groups in total. The Hall–Kier alpha value is -8.50. The van der Waals surface area contributed by atoms with Crippen LogP contribution in [0, 0.1) is 0 Å². The Kier molecular flexibility index (Phi) is 22.5. The average molecular weight is 956 g/mol. The van der Waals surface area contributed by atoms with E-state index >= 15 is 0 Å². The lowest BCUT2D eigenvalue weighted by Crippen LogP contribution is -2.44. The van der Waals surface area contributed by atoms with Crippen LogP contribution in [0.25, 0.3) is 0 Å². The number of amides is 6. The van der Waals surface area contributed by atoms with Crippen molar-refractivity contribution in [1.29, 1.82) is 0 Å². The van der Waals surface area contributed by atoms with Gasteiger partial charge in [-0.05, 0) is 39.9 Å². The largest absolute Gasteiger partial charge is 0.445 e. The molecule has 5 aromatic carbocycles. The van der Waals surface area contributed by atoms with Gasteiger partial charge in [-0.1, -0.05) is 133 Å². The van der Waals surface area contributed by atoms with Crippen LogP contribution in [0.4, 0.5) is 24.9 Å². The van der Waals surface area contributed by atoms with E-state index in [0.717, 1.165) is 22.3 Å². The molecule has 0 heterocycles. The fourth-order valence-electron chi connectivity index (χ4n) is 6.85. The first kappa shape index (κ1) is 52.5. The normalized spacial score (nSPS) is 10.4. The minimum absolute atomic E-state index is 0.00481. The molecule has 18 heteroatoms. The van der Waals surface area contributed by atoms with E-state index in [4.69, 9.17) is 18.9 Å². The Morgan fingerprint density at radius 2 is 0.714 bits per heavy atom. The third-order valence-corrected chi connectivity index (χ3v) is 10.5. The number of hydrogen-bond donors (Lipinski definition) is 4. The molecule has 0 aromatic heterocycles. The number of hydrogen-bond acceptors (Lipinski definition) is 12. The minimum atomic E-state index is -0.751. The van der Waals surface area contributed by atoms with Crippen LogP contribution in [-0.4, -0.2) is 104 Å². The molecule has 70 heavy (non-hydrogen) atoms. The number of benzene rings is 5. The second kappa shape index (κ2) is 30.0. The number of nitrogens with zero attached hydrogens (tertiary/aromatic N) is 3. The molecule has 0 atom stereocenters. The van der Waals surface area contributed by atoms with E-state index in [2.05, 4.69) is 26.3 Å². The molecule has 18 nitrogen and oxygen atoms in total. The molecule has 5 aromatic rings. The van der Waals surface area contributed by atoms with Gasteiger partial charge in [-0.15, -0.1) is 0 Å². The number of rotatable bonds is 26. The number of ether oxygens (including phenoxy) is 4. The van der Waals surface area contributed by atoms with Gasteiger partial charge in [0.1, 0.15) is 26.4 Å². The molecule has 0 bridgehead atoms. The number of isocyanates is 1. The van der Waals surface area contributed by atoms with Crippen molar-refractivity contribution in [1.82, 2.24) is 31.1 Å². The highest BCUT2D eigenvalue weighted by Gasteiger charge is 2.26. The Morgan fingerprint density at radius 1 is 0.429 bits per heavy atom. The van der Waals surface area contributed by atoms with Crippen LogP contribution in [0.15, 0.2) is 151 Å². The number of alkyl carbamates (subject to hydrolysis) is 4. The highest BCUT2D eigenvalue weighted by atomic mass is 16.6. The molecule has 366 valence electrons. The van der Waals surface area contributed by atoms with Gasteiger partial charge in [0, 0.05) is 71.1 Å². The highest BCUT2D eigenvalue weighted by Crippen LogP contribution is 2.27. The van der Waals surface area contributed by atoms with Crippen LogP contribution in [0.3, 0.4) is 0 Å². The molecule has 0 unspecified atom stereocenters. The second-order valence-electron chi connectivity index (χ2n) is 15.6. The van der Waals surface area contributed by atoms with E-state index in [1.165, 1.54) is 15.9 Å². The summed E-state index contributed by atoms with van der Waals surface area (Å²) in [6.45, 7) is 0.182. The molecular weight excluding hydrogens is 899 g/mol. The summed E-state index contributed by atoms with van der Waals surface area (Å²) in [4.78, 5) is 96.9. The van der Waals surface area contributed by atoms with E-state index in [9.17, 15) is 33.6 Å². The molecular formula is C52H57N7O11. The molecule has 5 rings (SSSR count). The summed E-state index contributed by atoms with van der Waals surface area (Å²) in [5, 5.41) is 10.7. The lowest BCUT2D eigenvalue weighted by atomic mass is 9.91. The zero-order chi connectivity index (χ0) is 49.6. The summed E-state index contributed by atoms with van der Waals surface area (Å²) < 4.78 is 21.4. The maximum atomic E-state index is 14.4. The van der Waals surface area contributed by atoms with Crippen molar-refractivity contribution in [2.24, 2.45) is 4.99 Å². The first-order chi connectivity index (χ1) is 34.1. The van der Waals surface area contributed by atoms with E-state index in [1.807, 2.05) is 121 Å². The number of carbonyl (C=O) groups excluding carboxylic acids is 7. The Morgan fingerprint density at radius 3 is 0.986 bits per heavy atom. The zero-order valence-electron chi connectivity index (χ0n) is 38.7. The van der Waals surface area contributed by atoms with Crippen molar-refractivity contribution in [3.63, 3.8) is 0 Å². The average Bonchev–Trinajstić information content (AvgIpc) is 3.38. The second-order valence-corrected chi connectivity index (χ2v) is 15.6. The van der Waals surface area contributed by atoms with Crippen LogP contribution >= 0.6 is 0 Å². The summed E-state index contributed by atoms with van der Waals surface area (Å²) in [5.41, 5.74) is 4.05. The van der Waals surface area contributed by atoms with Gasteiger partial charge in [0.05, 0.1) is 5.69 Å². The maximum Gasteiger partial charge on any atom is 0.407 e. The fourth-order valence-corrected chi connectivity index (χ4v) is 6.85. The highest BCUT2D eigenvalue weighted by molar-refractivity contribution is 5.81. The molecule has 0 aliphatic rings. The molecule has 0 radical (unpaired) electrons. The quantitative estimate of drug-likeness (QED) is 0.0254. The van der Waals surface area contributed by atoms with Crippen LogP contribution in [0.5, 0.6) is 0 Å². The molecule has 0 spiro atoms. The van der Waals surface area contributed by atoms with Crippen molar-refractivity contribution in [3.05, 3.63) is 173 Å². The minimum Gasteiger partial charge on any atom is -0.445 e. The number of aliphatic imine (C=N–C) groups is 1. The van der Waals surface area contributed by atoms with Crippen molar-refractivity contribution >= 4 is 48.0 Å². The van der Waals surface area contributed by atoms with Gasteiger partial charge in [0.2, 0.25) is 17.9 Å². The summed E-state index contributed by atoms with van der Waals surface area (Å²) in [7, 11) is 0. The summed E-state index contributed by atoms with van der Waals surface area (Å²) in [5.74, 6) is -1.58. The Balaban J connectivity index is 1.27. The molecule has 0 saturated carbocycles. The van der Waals surface area contributed by atoms with E-state index in [0.29, 0.717) is 11.3 Å². The maximum absolute atomic E-state index is 14.4. The SMILES string of the molecule is O=C=Nc1ccc(C(CC(=O)N(CCNC(=O)OCc2ccccc2)CCNC(=O)OCc2ccccc2)CC(=O)N(CCNC(=O)OCc2ccccc2)CCNC(=O)OCc2ccccc2)cc1. The van der Waals surface area contributed by atoms with Crippen molar-refractivity contribution in [2.75, 3.05) is 52.4 Å². The summed E-state index contributed by atoms with van der Waals surface area (Å²) in [6, 6.07) is 42.9. The fraction of sp³-hybridized carbons (Fsp3) is 0.288. The van der Waals surface area contributed by atoms with Gasteiger partial charge in [-0.25, -0.2) is 24.0 Å². The van der Waals surface area contributed by atoms with Crippen LogP contribution in [0.1, 0.15) is 46.6 Å². The van der Waals surface area contributed by atoms with Gasteiger partial charge in [0.15, 0.2) is 0 Å². The molecule has 0 aliphatic heterocycles. The summed E-state index contributed by atoms with van der Waals surface area (Å²) in [6.07, 6.45) is -1.70. The first-order valence-electron chi connectivity index (χ1n) is 22.7. The van der Waals surface area contributed by atoms with E-state index in [1.54, 1.807) is 24.3 Å². The van der Waals surface area contributed by atoms with E-state index in [-0.39, 0.29) is 91.6 Å². The van der Waals surface area contributed by atoms with E-state index < -0.39 is 42.1 Å². The van der Waals surface area contributed by atoms with Crippen molar-refractivity contribution in [2.45, 2.75) is 45.2 Å². The molecule has 6 amide bonds. The van der Waals surface area contributed by atoms with Crippen LogP contribution in [-0.2, 0) is 59.8 Å². The van der Waals surface area contributed by atoms with Gasteiger partial charge in [-0.2, -0.15) is 4.99 Å². The van der Waals surface area contributed by atoms with Gasteiger partial charge < -0.3 is 50.0 Å². The van der Waals surface area contributed by atoms with Crippen molar-refractivity contribution < 1.29 is 52.5 Å². The number of carbonyl (C=O) groups is 6. The number of nitrogens with one attached hydrogen (secondary N) is 4. The first-order valence-corrected chi connectivity index (χ1v) is 22.7. The molecule has 0 saturated heterocycles. The van der Waals surface area contributed by atoms with Crippen LogP contribution < -0.4 is 21.3 Å². The molecule has 0 aliphatic carbocycles. The third kappa shape index (κ3) is 20.2. The smallest absolute Gasteiger partial charge is 0.407 e. The zero-order valence-corrected chi connectivity index (χ0v) is 38.7. The van der Waals surface area contributed by atoms with Gasteiger partial charge in [0.25, 0.3) is 0 Å². The monoisotopic (exact) mass is 955 g/mol. The summed E-state index contributed by atoms with van der Waals surface area (Å²) >= 11 is 0. The van der Waals surface area contributed by atoms with Gasteiger partial charge in [-0.3, -0.25) is 9.59 Å². The van der Waals surface area contributed by atoms with Crippen molar-refractivity contribution in [3.8, 4) is 0 Å². The predicted octanol–water partition coefficient (Wildman–Crippen LogP) is 6.88. The molecule has 0 fully saturated rings. The third-order valence-electron chi connectivity index (χ3n) is 10.5. The topological polar surface area (TPSA) is 223 Å². The predicted molar refractivity (Wildman–Crippen MR) is 258 cm³/mol.